The zero-order valence-electron chi connectivity index (χ0n) is 10.6. The second kappa shape index (κ2) is 6.58. The molecule has 1 aromatic rings. The summed E-state index contributed by atoms with van der Waals surface area (Å²) < 4.78 is 1.95. The Morgan fingerprint density at radius 3 is 2.72 bits per heavy atom. The third-order valence-electron chi connectivity index (χ3n) is 2.43. The summed E-state index contributed by atoms with van der Waals surface area (Å²) in [4.78, 5) is 23.0. The Kier molecular flexibility index (Phi) is 5.40. The van der Waals surface area contributed by atoms with Gasteiger partial charge in [-0.25, -0.2) is 0 Å². The lowest BCUT2D eigenvalue weighted by Crippen LogP contribution is -2.29. The molecule has 0 spiro atoms. The molecule has 0 fully saturated rings. The molecule has 0 unspecified atom stereocenters. The van der Waals surface area contributed by atoms with E-state index >= 15 is 0 Å². The first kappa shape index (κ1) is 14.8. The van der Waals surface area contributed by atoms with E-state index in [0.29, 0.717) is 16.9 Å². The van der Waals surface area contributed by atoms with Gasteiger partial charge >= 0.3 is 0 Å². The number of anilines is 1. The fourth-order valence-corrected chi connectivity index (χ4v) is 1.92. The van der Waals surface area contributed by atoms with E-state index in [-0.39, 0.29) is 23.6 Å². The van der Waals surface area contributed by atoms with Gasteiger partial charge in [0, 0.05) is 18.9 Å². The number of aromatic nitrogens is 1. The Labute approximate surface area is 114 Å². The third kappa shape index (κ3) is 4.52. The summed E-state index contributed by atoms with van der Waals surface area (Å²) >= 11 is 3.11. The van der Waals surface area contributed by atoms with E-state index in [1.807, 2.05) is 0 Å². The van der Waals surface area contributed by atoms with Crippen LogP contribution in [0.2, 0.25) is 0 Å². The van der Waals surface area contributed by atoms with E-state index in [4.69, 9.17) is 5.73 Å². The summed E-state index contributed by atoms with van der Waals surface area (Å²) in [5.41, 5.74) is 5.41. The van der Waals surface area contributed by atoms with Crippen LogP contribution in [0.5, 0.6) is 0 Å². The molecule has 6 heteroatoms. The minimum absolute atomic E-state index is 0.0920. The molecular formula is C12H18BrN3O2. The zero-order valence-corrected chi connectivity index (χ0v) is 12.2. The van der Waals surface area contributed by atoms with Gasteiger partial charge < -0.3 is 15.6 Å². The van der Waals surface area contributed by atoms with Crippen LogP contribution in [0.25, 0.3) is 0 Å². The van der Waals surface area contributed by atoms with Gasteiger partial charge in [0.2, 0.25) is 11.3 Å². The summed E-state index contributed by atoms with van der Waals surface area (Å²) in [6, 6.07) is 0. The number of amides is 1. The van der Waals surface area contributed by atoms with Gasteiger partial charge in [0.15, 0.2) is 0 Å². The summed E-state index contributed by atoms with van der Waals surface area (Å²) in [6.07, 6.45) is 3.97. The molecule has 1 rings (SSSR count). The highest BCUT2D eigenvalue weighted by Gasteiger charge is 2.06. The number of pyridine rings is 1. The number of nitrogens with one attached hydrogen (secondary N) is 1. The van der Waals surface area contributed by atoms with Crippen molar-refractivity contribution in [3.63, 3.8) is 0 Å². The van der Waals surface area contributed by atoms with Crippen LogP contribution in [-0.2, 0) is 11.3 Å². The Balaban J connectivity index is 2.57. The van der Waals surface area contributed by atoms with Crippen LogP contribution in [-0.4, -0.2) is 17.0 Å². The summed E-state index contributed by atoms with van der Waals surface area (Å²) in [7, 11) is 0. The number of nitrogens with two attached hydrogens (primary N) is 1. The number of hydrogen-bond acceptors (Lipinski definition) is 3. The number of rotatable bonds is 5. The molecule has 1 heterocycles. The average Bonchev–Trinajstić information content (AvgIpc) is 2.25. The van der Waals surface area contributed by atoms with Gasteiger partial charge in [0.25, 0.3) is 0 Å². The first-order valence-electron chi connectivity index (χ1n) is 5.82. The van der Waals surface area contributed by atoms with E-state index in [1.54, 1.807) is 10.8 Å². The molecule has 0 aliphatic heterocycles. The van der Waals surface area contributed by atoms with Gasteiger partial charge in [-0.1, -0.05) is 13.8 Å². The van der Waals surface area contributed by atoms with Gasteiger partial charge in [0.05, 0.1) is 10.2 Å². The Bertz CT molecular complexity index is 456. The molecule has 0 aliphatic carbocycles. The summed E-state index contributed by atoms with van der Waals surface area (Å²) in [5, 5.41) is 2.82. The standard InChI is InChI=1S/C12H18BrN3O2/c1-8(2)3-4-15-11(17)7-16-5-9(13)12(18)10(14)6-16/h5-6,8H,3-4,7,14H2,1-2H3,(H,15,17). The molecule has 0 aliphatic rings. The van der Waals surface area contributed by atoms with E-state index in [0.717, 1.165) is 6.42 Å². The molecule has 0 saturated carbocycles. The van der Waals surface area contributed by atoms with Crippen molar-refractivity contribution in [3.8, 4) is 0 Å². The minimum atomic E-state index is -0.258. The molecule has 100 valence electrons. The molecule has 18 heavy (non-hydrogen) atoms. The SMILES string of the molecule is CC(C)CCNC(=O)Cn1cc(N)c(=O)c(Br)c1. The molecule has 0 radical (unpaired) electrons. The van der Waals surface area contributed by atoms with Gasteiger partial charge in [-0.3, -0.25) is 9.59 Å². The topological polar surface area (TPSA) is 77.1 Å². The predicted molar refractivity (Wildman–Crippen MR) is 75.3 cm³/mol. The summed E-state index contributed by atoms with van der Waals surface area (Å²) in [6.45, 7) is 5.02. The molecule has 0 bridgehead atoms. The average molecular weight is 316 g/mol. The third-order valence-corrected chi connectivity index (χ3v) is 3.00. The van der Waals surface area contributed by atoms with Crippen molar-refractivity contribution in [2.45, 2.75) is 26.8 Å². The Morgan fingerprint density at radius 2 is 2.17 bits per heavy atom. The molecule has 0 aromatic carbocycles. The normalized spacial score (nSPS) is 10.7. The van der Waals surface area contributed by atoms with Crippen LogP contribution in [0.15, 0.2) is 21.7 Å². The second-order valence-electron chi connectivity index (χ2n) is 4.60. The maximum absolute atomic E-state index is 11.6. The predicted octanol–water partition coefficient (Wildman–Crippen LogP) is 1.36. The van der Waals surface area contributed by atoms with Gasteiger partial charge in [-0.05, 0) is 28.3 Å². The van der Waals surface area contributed by atoms with Crippen LogP contribution in [0.1, 0.15) is 20.3 Å². The molecule has 1 amide bonds. The van der Waals surface area contributed by atoms with Crippen molar-refractivity contribution in [1.29, 1.82) is 0 Å². The lowest BCUT2D eigenvalue weighted by molar-refractivity contribution is -0.121. The van der Waals surface area contributed by atoms with Crippen LogP contribution >= 0.6 is 15.9 Å². The Morgan fingerprint density at radius 1 is 1.50 bits per heavy atom. The number of halogens is 1. The first-order valence-corrected chi connectivity index (χ1v) is 6.61. The number of nitrogen functional groups attached to an aromatic ring is 1. The van der Waals surface area contributed by atoms with Crippen molar-refractivity contribution < 1.29 is 4.79 Å². The van der Waals surface area contributed by atoms with E-state index < -0.39 is 0 Å². The lowest BCUT2D eigenvalue weighted by atomic mass is 10.1. The van der Waals surface area contributed by atoms with Crippen molar-refractivity contribution in [3.05, 3.63) is 27.1 Å². The largest absolute Gasteiger partial charge is 0.394 e. The number of hydrogen-bond donors (Lipinski definition) is 2. The number of carbonyl (C=O) groups excluding carboxylic acids is 1. The fraction of sp³-hybridized carbons (Fsp3) is 0.500. The van der Waals surface area contributed by atoms with Crippen LogP contribution in [0, 0.1) is 5.92 Å². The quantitative estimate of drug-likeness (QED) is 0.861. The zero-order chi connectivity index (χ0) is 13.7. The molecular weight excluding hydrogens is 298 g/mol. The van der Waals surface area contributed by atoms with Gasteiger partial charge in [-0.15, -0.1) is 0 Å². The van der Waals surface area contributed by atoms with Crippen molar-refractivity contribution in [2.24, 2.45) is 5.92 Å². The van der Waals surface area contributed by atoms with Crippen molar-refractivity contribution in [1.82, 2.24) is 9.88 Å². The number of nitrogens with zero attached hydrogens (tertiary/aromatic N) is 1. The number of carbonyl (C=O) groups is 1. The van der Waals surface area contributed by atoms with E-state index in [2.05, 4.69) is 35.1 Å². The van der Waals surface area contributed by atoms with Gasteiger partial charge in [0.1, 0.15) is 6.54 Å². The lowest BCUT2D eigenvalue weighted by Gasteiger charge is -2.10. The fourth-order valence-electron chi connectivity index (χ4n) is 1.43. The monoisotopic (exact) mass is 315 g/mol. The molecule has 0 saturated heterocycles. The maximum Gasteiger partial charge on any atom is 0.239 e. The molecule has 1 aromatic heterocycles. The highest BCUT2D eigenvalue weighted by Crippen LogP contribution is 2.06. The van der Waals surface area contributed by atoms with Crippen molar-refractivity contribution >= 4 is 27.5 Å². The minimum Gasteiger partial charge on any atom is -0.394 e. The van der Waals surface area contributed by atoms with Crippen LogP contribution < -0.4 is 16.5 Å². The summed E-state index contributed by atoms with van der Waals surface area (Å²) in [5.74, 6) is 0.466. The first-order chi connectivity index (χ1) is 8.40. The van der Waals surface area contributed by atoms with Crippen LogP contribution in [0.4, 0.5) is 5.69 Å². The van der Waals surface area contributed by atoms with Gasteiger partial charge in [-0.2, -0.15) is 0 Å². The maximum atomic E-state index is 11.6. The van der Waals surface area contributed by atoms with E-state index in [9.17, 15) is 9.59 Å². The van der Waals surface area contributed by atoms with Crippen LogP contribution in [0.3, 0.4) is 0 Å². The Hall–Kier alpha value is -1.30. The second-order valence-corrected chi connectivity index (χ2v) is 5.45. The van der Waals surface area contributed by atoms with E-state index in [1.165, 1.54) is 6.20 Å². The molecule has 0 atom stereocenters. The molecule has 3 N–H and O–H groups in total. The smallest absolute Gasteiger partial charge is 0.239 e. The van der Waals surface area contributed by atoms with Crippen molar-refractivity contribution in [2.75, 3.05) is 12.3 Å². The molecule has 5 nitrogen and oxygen atoms in total. The highest BCUT2D eigenvalue weighted by atomic mass is 79.9. The highest BCUT2D eigenvalue weighted by molar-refractivity contribution is 9.10.